The number of nitro groups is 1. The molecular weight excluding hydrogens is 342 g/mol. The van der Waals surface area contributed by atoms with Gasteiger partial charge in [-0.15, -0.1) is 0 Å². The maximum absolute atomic E-state index is 10.8. The molecule has 0 radical (unpaired) electrons. The van der Waals surface area contributed by atoms with Gasteiger partial charge in [-0.1, -0.05) is 5.16 Å². The van der Waals surface area contributed by atoms with E-state index in [0.717, 1.165) is 5.69 Å². The van der Waals surface area contributed by atoms with Gasteiger partial charge in [0.1, 0.15) is 6.61 Å². The van der Waals surface area contributed by atoms with Gasteiger partial charge in [0.25, 0.3) is 5.69 Å². The number of benzene rings is 1. The van der Waals surface area contributed by atoms with Crippen molar-refractivity contribution < 1.29 is 14.4 Å². The van der Waals surface area contributed by atoms with E-state index in [-0.39, 0.29) is 11.5 Å². The first-order valence-corrected chi connectivity index (χ1v) is 8.13. The van der Waals surface area contributed by atoms with Crippen LogP contribution in [0.4, 0.5) is 17.2 Å². The number of aromatic nitrogens is 2. The van der Waals surface area contributed by atoms with Crippen LogP contribution in [0.2, 0.25) is 0 Å². The fraction of sp³-hybridized carbons (Fsp3) is 0.400. The van der Waals surface area contributed by atoms with E-state index in [1.165, 1.54) is 12.1 Å². The molecule has 1 aromatic carbocycles. The number of hydrogen-bond donors (Lipinski definition) is 1. The number of amidine groups is 1. The van der Waals surface area contributed by atoms with Crippen LogP contribution in [0.3, 0.4) is 0 Å². The zero-order valence-electron chi connectivity index (χ0n) is 14.2. The highest BCUT2D eigenvalue weighted by molar-refractivity contribution is 6.00. The van der Waals surface area contributed by atoms with Crippen LogP contribution < -0.4 is 10.6 Å². The van der Waals surface area contributed by atoms with Crippen molar-refractivity contribution in [2.75, 3.05) is 43.4 Å². The van der Waals surface area contributed by atoms with Gasteiger partial charge in [0.15, 0.2) is 11.5 Å². The molecule has 2 N–H and O–H groups in total. The summed E-state index contributed by atoms with van der Waals surface area (Å²) in [6.07, 6.45) is 0. The molecule has 0 spiro atoms. The summed E-state index contributed by atoms with van der Waals surface area (Å²) in [5.74, 6) is 0.634. The van der Waals surface area contributed by atoms with Crippen LogP contribution in [0.15, 0.2) is 34.1 Å². The molecule has 1 fully saturated rings. The Morgan fingerprint density at radius 1 is 1.31 bits per heavy atom. The summed E-state index contributed by atoms with van der Waals surface area (Å²) in [5.41, 5.74) is 7.14. The van der Waals surface area contributed by atoms with E-state index in [9.17, 15) is 10.1 Å². The number of oxime groups is 1. The molecule has 11 nitrogen and oxygen atoms in total. The highest BCUT2D eigenvalue weighted by atomic mass is 16.6. The first-order chi connectivity index (χ1) is 12.6. The first kappa shape index (κ1) is 17.5. The number of nitrogen functional groups attached to an aromatic ring is 1. The molecule has 1 aromatic heterocycles. The van der Waals surface area contributed by atoms with E-state index in [0.29, 0.717) is 44.3 Å². The van der Waals surface area contributed by atoms with Gasteiger partial charge in [0.2, 0.25) is 5.84 Å². The Balaban J connectivity index is 1.70. The van der Waals surface area contributed by atoms with E-state index in [4.69, 9.17) is 10.6 Å². The summed E-state index contributed by atoms with van der Waals surface area (Å²) in [4.78, 5) is 19.7. The fourth-order valence-electron chi connectivity index (χ4n) is 2.69. The standard InChI is InChI=1S/C15H19N7O4/c1-2-25-19-15(13-14(16)18-26-17-13)21-9-7-20(8-10-21)11-3-5-12(6-4-11)22(23)24/h3-6H,2,7-10H2,1H3,(H2,16,18)/b19-15-. The molecule has 0 saturated carbocycles. The molecule has 0 amide bonds. The number of nitro benzene ring substituents is 1. The highest BCUT2D eigenvalue weighted by Gasteiger charge is 2.26. The van der Waals surface area contributed by atoms with Crippen molar-refractivity contribution in [3.63, 3.8) is 0 Å². The van der Waals surface area contributed by atoms with E-state index < -0.39 is 4.92 Å². The number of hydrogen-bond acceptors (Lipinski definition) is 9. The topological polar surface area (TPSA) is 136 Å². The number of anilines is 2. The van der Waals surface area contributed by atoms with Gasteiger partial charge in [-0.2, -0.15) is 0 Å². The Morgan fingerprint density at radius 2 is 2.00 bits per heavy atom. The van der Waals surface area contributed by atoms with Gasteiger partial charge in [-0.05, 0) is 29.4 Å². The van der Waals surface area contributed by atoms with Gasteiger partial charge in [-0.3, -0.25) is 10.1 Å². The molecule has 0 bridgehead atoms. The summed E-state index contributed by atoms with van der Waals surface area (Å²) >= 11 is 0. The summed E-state index contributed by atoms with van der Waals surface area (Å²) < 4.78 is 4.66. The highest BCUT2D eigenvalue weighted by Crippen LogP contribution is 2.21. The molecule has 1 saturated heterocycles. The van der Waals surface area contributed by atoms with Gasteiger partial charge >= 0.3 is 0 Å². The van der Waals surface area contributed by atoms with E-state index in [2.05, 4.69) is 25.0 Å². The van der Waals surface area contributed by atoms with Gasteiger partial charge in [-0.25, -0.2) is 4.63 Å². The molecule has 138 valence electrons. The monoisotopic (exact) mass is 361 g/mol. The third-order valence-electron chi connectivity index (χ3n) is 4.01. The fourth-order valence-corrected chi connectivity index (χ4v) is 2.69. The first-order valence-electron chi connectivity index (χ1n) is 8.13. The maximum Gasteiger partial charge on any atom is 0.269 e. The van der Waals surface area contributed by atoms with Crippen molar-refractivity contribution in [3.05, 3.63) is 40.1 Å². The average Bonchev–Trinajstić information content (AvgIpc) is 3.08. The second kappa shape index (κ2) is 7.68. The molecule has 26 heavy (non-hydrogen) atoms. The zero-order valence-corrected chi connectivity index (χ0v) is 14.2. The molecule has 3 rings (SSSR count). The summed E-state index contributed by atoms with van der Waals surface area (Å²) in [6, 6.07) is 6.52. The second-order valence-corrected chi connectivity index (χ2v) is 5.58. The van der Waals surface area contributed by atoms with E-state index in [1.54, 1.807) is 12.1 Å². The molecule has 1 aliphatic heterocycles. The average molecular weight is 361 g/mol. The van der Waals surface area contributed by atoms with Gasteiger partial charge in [0.05, 0.1) is 4.92 Å². The lowest BCUT2D eigenvalue weighted by atomic mass is 10.2. The van der Waals surface area contributed by atoms with Crippen molar-refractivity contribution in [1.29, 1.82) is 0 Å². The van der Waals surface area contributed by atoms with Gasteiger partial charge < -0.3 is 20.4 Å². The van der Waals surface area contributed by atoms with Crippen LogP contribution in [0, 0.1) is 10.1 Å². The van der Waals surface area contributed by atoms with Crippen LogP contribution in [0.5, 0.6) is 0 Å². The van der Waals surface area contributed by atoms with E-state index in [1.807, 2.05) is 11.8 Å². The van der Waals surface area contributed by atoms with Crippen molar-refractivity contribution in [3.8, 4) is 0 Å². The van der Waals surface area contributed by atoms with Crippen molar-refractivity contribution in [2.24, 2.45) is 5.16 Å². The Kier molecular flexibility index (Phi) is 5.15. The van der Waals surface area contributed by atoms with Crippen LogP contribution in [-0.4, -0.2) is 58.8 Å². The minimum atomic E-state index is -0.408. The number of rotatable bonds is 5. The third-order valence-corrected chi connectivity index (χ3v) is 4.01. The quantitative estimate of drug-likeness (QED) is 0.359. The molecule has 1 aliphatic rings. The molecule has 11 heteroatoms. The lowest BCUT2D eigenvalue weighted by Crippen LogP contribution is -2.49. The van der Waals surface area contributed by atoms with Crippen molar-refractivity contribution >= 4 is 23.0 Å². The Bertz CT molecular complexity index is 782. The normalized spacial score (nSPS) is 15.2. The molecule has 0 unspecified atom stereocenters. The van der Waals surface area contributed by atoms with Crippen LogP contribution in [-0.2, 0) is 4.84 Å². The van der Waals surface area contributed by atoms with Crippen LogP contribution in [0.1, 0.15) is 12.6 Å². The molecular formula is C15H19N7O4. The number of nitrogens with two attached hydrogens (primary N) is 1. The second-order valence-electron chi connectivity index (χ2n) is 5.58. The van der Waals surface area contributed by atoms with Crippen LogP contribution >= 0.6 is 0 Å². The lowest BCUT2D eigenvalue weighted by molar-refractivity contribution is -0.384. The number of non-ortho nitro benzene ring substituents is 1. The van der Waals surface area contributed by atoms with Crippen molar-refractivity contribution in [1.82, 2.24) is 15.2 Å². The zero-order chi connectivity index (χ0) is 18.5. The lowest BCUT2D eigenvalue weighted by Gasteiger charge is -2.36. The largest absolute Gasteiger partial charge is 0.394 e. The Morgan fingerprint density at radius 3 is 2.54 bits per heavy atom. The Labute approximate surface area is 149 Å². The van der Waals surface area contributed by atoms with Gasteiger partial charge in [0, 0.05) is 44.0 Å². The summed E-state index contributed by atoms with van der Waals surface area (Å²) in [6.45, 7) is 4.95. The molecule has 0 aliphatic carbocycles. The predicted molar refractivity (Wildman–Crippen MR) is 93.8 cm³/mol. The SMILES string of the molecule is CCO/N=C(/c1nonc1N)N1CCN(c2ccc([N+](=O)[O-])cc2)CC1. The predicted octanol–water partition coefficient (Wildman–Crippen LogP) is 1.08. The van der Waals surface area contributed by atoms with E-state index >= 15 is 0 Å². The minimum absolute atomic E-state index is 0.0764. The molecule has 0 atom stereocenters. The summed E-state index contributed by atoms with van der Waals surface area (Å²) in [5, 5.41) is 22.3. The molecule has 2 aromatic rings. The van der Waals surface area contributed by atoms with Crippen molar-refractivity contribution in [2.45, 2.75) is 6.92 Å². The third kappa shape index (κ3) is 3.66. The summed E-state index contributed by atoms with van der Waals surface area (Å²) in [7, 11) is 0. The maximum atomic E-state index is 10.8. The molecule has 2 heterocycles. The Hall–Kier alpha value is -3.37. The van der Waals surface area contributed by atoms with Crippen LogP contribution in [0.25, 0.3) is 0 Å². The smallest absolute Gasteiger partial charge is 0.269 e. The minimum Gasteiger partial charge on any atom is -0.394 e. The number of piperazine rings is 1. The number of nitrogens with zero attached hydrogens (tertiary/aromatic N) is 6.